The third kappa shape index (κ3) is 4.24. The van der Waals surface area contributed by atoms with Gasteiger partial charge in [0.25, 0.3) is 0 Å². The summed E-state index contributed by atoms with van der Waals surface area (Å²) in [5.41, 5.74) is 7.06. The monoisotopic (exact) mass is 438 g/mol. The third-order valence-corrected chi connectivity index (χ3v) is 7.07. The minimum absolute atomic E-state index is 0.113. The van der Waals surface area contributed by atoms with E-state index < -0.39 is 45.6 Å². The molecule has 1 aromatic heterocycles. The molecule has 2 aromatic rings. The van der Waals surface area contributed by atoms with Gasteiger partial charge in [0, 0.05) is 36.8 Å². The maximum absolute atomic E-state index is 14.2. The number of rotatable bonds is 5. The van der Waals surface area contributed by atoms with Crippen LogP contribution in [0.15, 0.2) is 35.4 Å². The van der Waals surface area contributed by atoms with Crippen LogP contribution >= 0.6 is 0 Å². The van der Waals surface area contributed by atoms with Crippen LogP contribution in [-0.4, -0.2) is 42.4 Å². The van der Waals surface area contributed by atoms with Crippen LogP contribution in [0.5, 0.6) is 0 Å². The summed E-state index contributed by atoms with van der Waals surface area (Å²) in [7, 11) is -3.34. The summed E-state index contributed by atoms with van der Waals surface area (Å²) in [5, 5.41) is 9.76. The topological polar surface area (TPSA) is 118 Å². The molecule has 4 rings (SSSR count). The first-order chi connectivity index (χ1) is 14.0. The molecule has 1 amide bonds. The first-order valence-electron chi connectivity index (χ1n) is 9.80. The summed E-state index contributed by atoms with van der Waals surface area (Å²) in [5.74, 6) is -4.84. The van der Waals surface area contributed by atoms with Crippen molar-refractivity contribution in [3.05, 3.63) is 36.2 Å². The molecule has 30 heavy (non-hydrogen) atoms. The van der Waals surface area contributed by atoms with Crippen LogP contribution in [0.2, 0.25) is 0 Å². The summed E-state index contributed by atoms with van der Waals surface area (Å²) >= 11 is 0. The van der Waals surface area contributed by atoms with E-state index in [0.29, 0.717) is 29.7 Å². The van der Waals surface area contributed by atoms with Crippen LogP contribution in [0.3, 0.4) is 0 Å². The second-order valence-electron chi connectivity index (χ2n) is 8.44. The molecule has 2 fully saturated rings. The lowest BCUT2D eigenvalue weighted by molar-refractivity contribution is -0.134. The molecule has 2 atom stereocenters. The maximum atomic E-state index is 14.2. The number of benzene rings is 1. The number of nitrogens with two attached hydrogens (primary N) is 1. The van der Waals surface area contributed by atoms with E-state index in [-0.39, 0.29) is 17.7 Å². The van der Waals surface area contributed by atoms with Crippen LogP contribution in [0, 0.1) is 5.92 Å². The Labute approximate surface area is 173 Å². The summed E-state index contributed by atoms with van der Waals surface area (Å²) in [6.45, 7) is 0. The van der Waals surface area contributed by atoms with Crippen molar-refractivity contribution in [1.82, 2.24) is 15.5 Å². The van der Waals surface area contributed by atoms with Gasteiger partial charge in [-0.25, -0.2) is 17.2 Å². The number of H-pyrrole nitrogens is 1. The lowest BCUT2D eigenvalue weighted by Crippen LogP contribution is -2.49. The van der Waals surface area contributed by atoms with Crippen molar-refractivity contribution in [1.29, 1.82) is 0 Å². The van der Waals surface area contributed by atoms with E-state index in [1.165, 1.54) is 12.1 Å². The highest BCUT2D eigenvalue weighted by atomic mass is 32.2. The fraction of sp³-hybridized carbons (Fsp3) is 0.500. The molecule has 10 heteroatoms. The number of aromatic amines is 1. The van der Waals surface area contributed by atoms with Gasteiger partial charge in [0.2, 0.25) is 11.8 Å². The second-order valence-corrected chi connectivity index (χ2v) is 10.5. The lowest BCUT2D eigenvalue weighted by Gasteiger charge is -2.35. The quantitative estimate of drug-likeness (QED) is 0.620. The fourth-order valence-corrected chi connectivity index (χ4v) is 4.66. The molecular formula is C20H24F2N4O3S. The van der Waals surface area contributed by atoms with Gasteiger partial charge in [-0.15, -0.1) is 0 Å². The number of hydrogen-bond acceptors (Lipinski definition) is 5. The molecule has 0 radical (unpaired) electrons. The summed E-state index contributed by atoms with van der Waals surface area (Å²) in [4.78, 5) is 13.0. The Kier molecular flexibility index (Phi) is 4.97. The van der Waals surface area contributed by atoms with Gasteiger partial charge in [-0.1, -0.05) is 12.1 Å². The van der Waals surface area contributed by atoms with Gasteiger partial charge in [-0.3, -0.25) is 9.89 Å². The highest BCUT2D eigenvalue weighted by Crippen LogP contribution is 2.47. The molecule has 2 aliphatic rings. The van der Waals surface area contributed by atoms with Crippen molar-refractivity contribution in [2.75, 3.05) is 6.26 Å². The number of aromatic nitrogens is 2. The molecule has 0 saturated heterocycles. The number of carbonyl (C=O) groups excluding carboxylic acids is 1. The van der Waals surface area contributed by atoms with Crippen LogP contribution in [-0.2, 0) is 14.6 Å². The van der Waals surface area contributed by atoms with Crippen LogP contribution in [0.25, 0.3) is 11.1 Å². The number of sulfone groups is 1. The van der Waals surface area contributed by atoms with Gasteiger partial charge in [0.05, 0.1) is 22.2 Å². The lowest BCUT2D eigenvalue weighted by atomic mass is 9.74. The highest BCUT2D eigenvalue weighted by molar-refractivity contribution is 7.90. The number of halogens is 2. The van der Waals surface area contributed by atoms with Gasteiger partial charge < -0.3 is 11.1 Å². The standard InChI is InChI=1S/C20H24F2N4O3S/c1-30(28,29)13-4-2-12(3-5-13)16-11-24-26-17(16)14-6-7-19(21,22)10-15(14)18(27)25-20(23)8-9-20/h2-5,11,14-15H,6-10,23H2,1H3,(H,24,26)(H,25,27). The number of hydrogen-bond donors (Lipinski definition) is 3. The Bertz CT molecular complexity index is 1060. The van der Waals surface area contributed by atoms with E-state index in [9.17, 15) is 22.0 Å². The molecule has 2 saturated carbocycles. The van der Waals surface area contributed by atoms with Gasteiger partial charge in [-0.2, -0.15) is 5.10 Å². The van der Waals surface area contributed by atoms with Gasteiger partial charge in [0.1, 0.15) is 0 Å². The largest absolute Gasteiger partial charge is 0.338 e. The highest BCUT2D eigenvalue weighted by Gasteiger charge is 2.49. The molecule has 0 bridgehead atoms. The molecule has 1 heterocycles. The Morgan fingerprint density at radius 3 is 2.50 bits per heavy atom. The number of alkyl halides is 2. The average Bonchev–Trinajstić information content (AvgIpc) is 3.19. The van der Waals surface area contributed by atoms with E-state index in [0.717, 1.165) is 6.26 Å². The number of carbonyl (C=O) groups is 1. The van der Waals surface area contributed by atoms with Gasteiger partial charge in [0.15, 0.2) is 9.84 Å². The van der Waals surface area contributed by atoms with Gasteiger partial charge >= 0.3 is 0 Å². The molecule has 7 nitrogen and oxygen atoms in total. The zero-order valence-electron chi connectivity index (χ0n) is 16.5. The van der Waals surface area contributed by atoms with Crippen molar-refractivity contribution in [2.45, 2.75) is 54.5 Å². The Morgan fingerprint density at radius 2 is 1.90 bits per heavy atom. The molecule has 162 valence electrons. The first kappa shape index (κ1) is 20.9. The number of nitrogens with zero attached hydrogens (tertiary/aromatic N) is 1. The molecule has 0 spiro atoms. The second kappa shape index (κ2) is 7.12. The first-order valence-corrected chi connectivity index (χ1v) is 11.7. The SMILES string of the molecule is CS(=O)(=O)c1ccc(-c2c[nH]nc2C2CCC(F)(F)CC2C(=O)NC2(N)CC2)cc1. The molecule has 0 aliphatic heterocycles. The van der Waals surface area contributed by atoms with Crippen molar-refractivity contribution < 1.29 is 22.0 Å². The average molecular weight is 439 g/mol. The Hall–Kier alpha value is -2.33. The van der Waals surface area contributed by atoms with E-state index >= 15 is 0 Å². The molecule has 4 N–H and O–H groups in total. The third-order valence-electron chi connectivity index (χ3n) is 5.94. The zero-order chi connectivity index (χ0) is 21.7. The van der Waals surface area contributed by atoms with Crippen LogP contribution in [0.4, 0.5) is 8.78 Å². The van der Waals surface area contributed by atoms with Crippen molar-refractivity contribution in [3.8, 4) is 11.1 Å². The summed E-state index contributed by atoms with van der Waals surface area (Å²) < 4.78 is 51.7. The molecular weight excluding hydrogens is 414 g/mol. The number of nitrogens with one attached hydrogen (secondary N) is 2. The van der Waals surface area contributed by atoms with Crippen LogP contribution < -0.4 is 11.1 Å². The maximum Gasteiger partial charge on any atom is 0.249 e. The van der Waals surface area contributed by atoms with Crippen molar-refractivity contribution >= 4 is 15.7 Å². The predicted octanol–water partition coefficient (Wildman–Crippen LogP) is 2.56. The van der Waals surface area contributed by atoms with Gasteiger partial charge in [-0.05, 0) is 37.0 Å². The fourth-order valence-electron chi connectivity index (χ4n) is 4.03. The number of amides is 1. The zero-order valence-corrected chi connectivity index (χ0v) is 17.3. The smallest absolute Gasteiger partial charge is 0.249 e. The van der Waals surface area contributed by atoms with E-state index in [1.807, 2.05) is 0 Å². The molecule has 2 unspecified atom stereocenters. The Morgan fingerprint density at radius 1 is 1.23 bits per heavy atom. The predicted molar refractivity (Wildman–Crippen MR) is 106 cm³/mol. The van der Waals surface area contributed by atoms with E-state index in [2.05, 4.69) is 15.5 Å². The van der Waals surface area contributed by atoms with Crippen molar-refractivity contribution in [3.63, 3.8) is 0 Å². The normalized spacial score (nSPS) is 24.9. The van der Waals surface area contributed by atoms with E-state index in [1.54, 1.807) is 18.3 Å². The molecule has 2 aliphatic carbocycles. The van der Waals surface area contributed by atoms with Crippen LogP contribution in [0.1, 0.15) is 43.7 Å². The summed E-state index contributed by atoms with van der Waals surface area (Å²) in [6.07, 6.45) is 3.26. The molecule has 1 aromatic carbocycles. The summed E-state index contributed by atoms with van der Waals surface area (Å²) in [6, 6.07) is 6.28. The van der Waals surface area contributed by atoms with E-state index in [4.69, 9.17) is 5.73 Å². The Balaban J connectivity index is 1.65. The minimum atomic E-state index is -3.34. The van der Waals surface area contributed by atoms with Crippen molar-refractivity contribution in [2.24, 2.45) is 11.7 Å². The minimum Gasteiger partial charge on any atom is -0.338 e.